The molecular formula is C17H24ClNO3. The SMILES string of the molecule is CCc1cccc(C)c1N(COCC1CCCO1)C(=O)CCl. The summed E-state index contributed by atoms with van der Waals surface area (Å²) < 4.78 is 11.3. The summed E-state index contributed by atoms with van der Waals surface area (Å²) in [7, 11) is 0. The average molecular weight is 326 g/mol. The first-order valence-electron chi connectivity index (χ1n) is 7.81. The number of para-hydroxylation sites is 1. The predicted molar refractivity (Wildman–Crippen MR) is 88.6 cm³/mol. The van der Waals surface area contributed by atoms with Crippen molar-refractivity contribution in [3.05, 3.63) is 29.3 Å². The molecule has 1 aliphatic heterocycles. The number of aryl methyl sites for hydroxylation is 2. The summed E-state index contributed by atoms with van der Waals surface area (Å²) >= 11 is 5.78. The number of carbonyl (C=O) groups excluding carboxylic acids is 1. The minimum Gasteiger partial charge on any atom is -0.376 e. The van der Waals surface area contributed by atoms with Crippen molar-refractivity contribution in [3.63, 3.8) is 0 Å². The van der Waals surface area contributed by atoms with Crippen LogP contribution in [-0.4, -0.2) is 37.8 Å². The van der Waals surface area contributed by atoms with Gasteiger partial charge in [-0.05, 0) is 37.3 Å². The maximum absolute atomic E-state index is 12.2. The van der Waals surface area contributed by atoms with Gasteiger partial charge in [0.2, 0.25) is 5.91 Å². The van der Waals surface area contributed by atoms with Crippen LogP contribution in [-0.2, 0) is 20.7 Å². The maximum Gasteiger partial charge on any atom is 0.243 e. The first-order chi connectivity index (χ1) is 10.7. The number of ether oxygens (including phenoxy) is 2. The third-order valence-corrected chi connectivity index (χ3v) is 4.16. The molecule has 1 saturated heterocycles. The normalized spacial score (nSPS) is 17.7. The summed E-state index contributed by atoms with van der Waals surface area (Å²) in [5.41, 5.74) is 3.10. The Hall–Kier alpha value is -1.10. The Bertz CT molecular complexity index is 501. The van der Waals surface area contributed by atoms with Crippen molar-refractivity contribution in [1.82, 2.24) is 0 Å². The monoisotopic (exact) mass is 325 g/mol. The molecule has 22 heavy (non-hydrogen) atoms. The molecule has 1 aromatic rings. The number of alkyl halides is 1. The Labute approximate surface area is 137 Å². The van der Waals surface area contributed by atoms with E-state index in [1.165, 1.54) is 0 Å². The van der Waals surface area contributed by atoms with Gasteiger partial charge in [0.1, 0.15) is 12.6 Å². The molecule has 5 heteroatoms. The first-order valence-corrected chi connectivity index (χ1v) is 8.35. The minimum absolute atomic E-state index is 0.0548. The smallest absolute Gasteiger partial charge is 0.243 e. The van der Waals surface area contributed by atoms with Gasteiger partial charge in [-0.25, -0.2) is 0 Å². The Kier molecular flexibility index (Phi) is 6.68. The zero-order valence-corrected chi connectivity index (χ0v) is 14.1. The van der Waals surface area contributed by atoms with Crippen LogP contribution in [0.2, 0.25) is 0 Å². The molecule has 1 aliphatic rings. The standard InChI is InChI=1S/C17H24ClNO3/c1-3-14-7-4-6-13(2)17(14)19(16(20)10-18)12-21-11-15-8-5-9-22-15/h4,6-7,15H,3,5,8-12H2,1-2H3. The molecule has 0 saturated carbocycles. The third kappa shape index (κ3) is 4.22. The second kappa shape index (κ2) is 8.51. The summed E-state index contributed by atoms with van der Waals surface area (Å²) in [5.74, 6) is -0.196. The van der Waals surface area contributed by atoms with Gasteiger partial charge in [0.15, 0.2) is 0 Å². The van der Waals surface area contributed by atoms with Crippen LogP contribution in [0.5, 0.6) is 0 Å². The number of anilines is 1. The molecule has 4 nitrogen and oxygen atoms in total. The highest BCUT2D eigenvalue weighted by Crippen LogP contribution is 2.26. The van der Waals surface area contributed by atoms with Crippen molar-refractivity contribution in [2.75, 3.05) is 30.7 Å². The van der Waals surface area contributed by atoms with Gasteiger partial charge in [-0.3, -0.25) is 9.69 Å². The second-order valence-corrected chi connectivity index (χ2v) is 5.79. The van der Waals surface area contributed by atoms with E-state index in [0.29, 0.717) is 6.61 Å². The van der Waals surface area contributed by atoms with E-state index < -0.39 is 0 Å². The van der Waals surface area contributed by atoms with Crippen molar-refractivity contribution < 1.29 is 14.3 Å². The largest absolute Gasteiger partial charge is 0.376 e. The van der Waals surface area contributed by atoms with Crippen LogP contribution in [0.15, 0.2) is 18.2 Å². The van der Waals surface area contributed by atoms with E-state index in [1.807, 2.05) is 25.1 Å². The summed E-state index contributed by atoms with van der Waals surface area (Å²) in [6, 6.07) is 6.05. The quantitative estimate of drug-likeness (QED) is 0.570. The molecule has 2 rings (SSSR count). The van der Waals surface area contributed by atoms with Gasteiger partial charge in [0.25, 0.3) is 0 Å². The number of halogens is 1. The zero-order chi connectivity index (χ0) is 15.9. The van der Waals surface area contributed by atoms with Crippen molar-refractivity contribution >= 4 is 23.2 Å². The highest BCUT2D eigenvalue weighted by molar-refractivity contribution is 6.29. The van der Waals surface area contributed by atoms with Crippen molar-refractivity contribution in [2.24, 2.45) is 0 Å². The lowest BCUT2D eigenvalue weighted by Gasteiger charge is -2.26. The number of amides is 1. The van der Waals surface area contributed by atoms with Gasteiger partial charge in [0, 0.05) is 6.61 Å². The molecule has 0 radical (unpaired) electrons. The number of hydrogen-bond acceptors (Lipinski definition) is 3. The van der Waals surface area contributed by atoms with Crippen LogP contribution >= 0.6 is 11.6 Å². The fourth-order valence-corrected chi connectivity index (χ4v) is 2.92. The fourth-order valence-electron chi connectivity index (χ4n) is 2.78. The molecule has 1 fully saturated rings. The Morgan fingerprint density at radius 3 is 2.95 bits per heavy atom. The van der Waals surface area contributed by atoms with E-state index in [4.69, 9.17) is 21.1 Å². The lowest BCUT2D eigenvalue weighted by atomic mass is 10.0. The van der Waals surface area contributed by atoms with Gasteiger partial charge in [-0.1, -0.05) is 25.1 Å². The molecule has 1 aromatic carbocycles. The van der Waals surface area contributed by atoms with Gasteiger partial charge >= 0.3 is 0 Å². The summed E-state index contributed by atoms with van der Waals surface area (Å²) in [6.45, 7) is 5.61. The molecule has 0 bridgehead atoms. The van der Waals surface area contributed by atoms with E-state index in [2.05, 4.69) is 6.92 Å². The van der Waals surface area contributed by atoms with Crippen LogP contribution in [0.4, 0.5) is 5.69 Å². The molecule has 1 amide bonds. The molecule has 0 aliphatic carbocycles. The van der Waals surface area contributed by atoms with E-state index in [-0.39, 0.29) is 24.6 Å². The molecule has 0 N–H and O–H groups in total. The molecule has 0 spiro atoms. The van der Waals surface area contributed by atoms with Crippen molar-refractivity contribution in [1.29, 1.82) is 0 Å². The topological polar surface area (TPSA) is 38.8 Å². The van der Waals surface area contributed by atoms with Crippen molar-refractivity contribution in [3.8, 4) is 0 Å². The van der Waals surface area contributed by atoms with E-state index in [0.717, 1.165) is 42.7 Å². The molecule has 0 aromatic heterocycles. The molecular weight excluding hydrogens is 302 g/mol. The van der Waals surface area contributed by atoms with Crippen molar-refractivity contribution in [2.45, 2.75) is 39.2 Å². The molecule has 1 heterocycles. The number of rotatable bonds is 7. The zero-order valence-electron chi connectivity index (χ0n) is 13.3. The number of hydrogen-bond donors (Lipinski definition) is 0. The highest BCUT2D eigenvalue weighted by Gasteiger charge is 2.21. The van der Waals surface area contributed by atoms with E-state index in [1.54, 1.807) is 4.90 Å². The molecule has 1 unspecified atom stereocenters. The van der Waals surface area contributed by atoms with Gasteiger partial charge in [-0.15, -0.1) is 11.6 Å². The number of nitrogens with zero attached hydrogens (tertiary/aromatic N) is 1. The van der Waals surface area contributed by atoms with Crippen LogP contribution < -0.4 is 4.90 Å². The van der Waals surface area contributed by atoms with Crippen LogP contribution in [0.25, 0.3) is 0 Å². The average Bonchev–Trinajstić information content (AvgIpc) is 3.04. The Morgan fingerprint density at radius 1 is 1.50 bits per heavy atom. The van der Waals surface area contributed by atoms with E-state index >= 15 is 0 Å². The van der Waals surface area contributed by atoms with Crippen LogP contribution in [0.1, 0.15) is 30.9 Å². The third-order valence-electron chi connectivity index (χ3n) is 3.94. The maximum atomic E-state index is 12.2. The highest BCUT2D eigenvalue weighted by atomic mass is 35.5. The lowest BCUT2D eigenvalue weighted by Crippen LogP contribution is -2.36. The van der Waals surface area contributed by atoms with E-state index in [9.17, 15) is 4.79 Å². The summed E-state index contributed by atoms with van der Waals surface area (Å²) in [4.78, 5) is 13.9. The van der Waals surface area contributed by atoms with Gasteiger partial charge in [0.05, 0.1) is 18.4 Å². The van der Waals surface area contributed by atoms with Gasteiger partial charge in [-0.2, -0.15) is 0 Å². The minimum atomic E-state index is -0.141. The number of benzene rings is 1. The first kappa shape index (κ1) is 17.3. The lowest BCUT2D eigenvalue weighted by molar-refractivity contribution is -0.117. The summed E-state index contributed by atoms with van der Waals surface area (Å²) in [6.07, 6.45) is 3.11. The fraction of sp³-hybridized carbons (Fsp3) is 0.588. The van der Waals surface area contributed by atoms with Gasteiger partial charge < -0.3 is 9.47 Å². The molecule has 1 atom stereocenters. The van der Waals surface area contributed by atoms with Crippen LogP contribution in [0, 0.1) is 6.92 Å². The Morgan fingerprint density at radius 2 is 2.32 bits per heavy atom. The second-order valence-electron chi connectivity index (χ2n) is 5.53. The number of carbonyl (C=O) groups is 1. The molecule has 122 valence electrons. The Balaban J connectivity index is 2.10. The van der Waals surface area contributed by atoms with Crippen LogP contribution in [0.3, 0.4) is 0 Å². The summed E-state index contributed by atoms with van der Waals surface area (Å²) in [5, 5.41) is 0. The predicted octanol–water partition coefficient (Wildman–Crippen LogP) is 3.28.